The Kier molecular flexibility index (Phi) is 4.37. The van der Waals surface area contributed by atoms with Gasteiger partial charge in [0.2, 0.25) is 0 Å². The molecule has 0 bridgehead atoms. The molecular weight excluding hydrogens is 292 g/mol. The zero-order valence-electron chi connectivity index (χ0n) is 12.1. The molecule has 7 heteroatoms. The van der Waals surface area contributed by atoms with E-state index in [0.29, 0.717) is 22.2 Å². The number of ether oxygens (including phenoxy) is 2. The highest BCUT2D eigenvalue weighted by atomic mass is 35.5. The van der Waals surface area contributed by atoms with Crippen LogP contribution in [0.2, 0.25) is 5.15 Å². The number of benzene rings is 1. The van der Waals surface area contributed by atoms with Crippen molar-refractivity contribution in [2.45, 2.75) is 13.5 Å². The number of aromatic nitrogens is 2. The molecule has 1 aromatic carbocycles. The first-order valence-electron chi connectivity index (χ1n) is 6.27. The van der Waals surface area contributed by atoms with Crippen LogP contribution >= 0.6 is 11.6 Å². The standard InChI is InChI=1S/C14H17ClN4O2/c1-8-10(13(15)19(2)18-8)7-21-11-5-4-9(14(16)17)6-12(11)20-3/h4-6H,7H2,1-3H3,(H3,16,17). The maximum absolute atomic E-state index is 7.43. The number of nitrogens with zero attached hydrogens (tertiary/aromatic N) is 2. The summed E-state index contributed by atoms with van der Waals surface area (Å²) in [6, 6.07) is 5.09. The number of aryl methyl sites for hydroxylation is 2. The van der Waals surface area contributed by atoms with Crippen LogP contribution in [0.3, 0.4) is 0 Å². The lowest BCUT2D eigenvalue weighted by atomic mass is 10.2. The Labute approximate surface area is 127 Å². The first-order valence-corrected chi connectivity index (χ1v) is 6.65. The summed E-state index contributed by atoms with van der Waals surface area (Å²) in [5, 5.41) is 12.2. The van der Waals surface area contributed by atoms with Gasteiger partial charge in [-0.05, 0) is 25.1 Å². The minimum absolute atomic E-state index is 0.0222. The van der Waals surface area contributed by atoms with Gasteiger partial charge in [0.25, 0.3) is 0 Å². The zero-order chi connectivity index (χ0) is 15.6. The molecular formula is C14H17ClN4O2. The van der Waals surface area contributed by atoms with Crippen LogP contribution in [-0.4, -0.2) is 22.7 Å². The van der Waals surface area contributed by atoms with E-state index in [9.17, 15) is 0 Å². The summed E-state index contributed by atoms with van der Waals surface area (Å²) in [6.07, 6.45) is 0. The van der Waals surface area contributed by atoms with Crippen molar-refractivity contribution in [1.29, 1.82) is 5.41 Å². The molecule has 0 amide bonds. The Balaban J connectivity index is 2.22. The second kappa shape index (κ2) is 6.05. The van der Waals surface area contributed by atoms with E-state index in [1.165, 1.54) is 7.11 Å². The van der Waals surface area contributed by atoms with E-state index in [4.69, 9.17) is 32.2 Å². The van der Waals surface area contributed by atoms with Crippen molar-refractivity contribution in [3.63, 3.8) is 0 Å². The summed E-state index contributed by atoms with van der Waals surface area (Å²) in [6.45, 7) is 2.16. The molecule has 112 valence electrons. The van der Waals surface area contributed by atoms with E-state index in [1.54, 1.807) is 29.9 Å². The summed E-state index contributed by atoms with van der Waals surface area (Å²) in [7, 11) is 3.31. The highest BCUT2D eigenvalue weighted by Gasteiger charge is 2.13. The summed E-state index contributed by atoms with van der Waals surface area (Å²) in [5.74, 6) is 1.05. The lowest BCUT2D eigenvalue weighted by Crippen LogP contribution is -2.11. The Morgan fingerprint density at radius 1 is 1.43 bits per heavy atom. The van der Waals surface area contributed by atoms with Crippen LogP contribution in [0.4, 0.5) is 0 Å². The largest absolute Gasteiger partial charge is 0.493 e. The molecule has 0 spiro atoms. The fraction of sp³-hybridized carbons (Fsp3) is 0.286. The van der Waals surface area contributed by atoms with Crippen LogP contribution < -0.4 is 15.2 Å². The zero-order valence-corrected chi connectivity index (χ0v) is 12.9. The lowest BCUT2D eigenvalue weighted by Gasteiger charge is -2.12. The van der Waals surface area contributed by atoms with Crippen molar-refractivity contribution >= 4 is 17.4 Å². The number of hydrogen-bond donors (Lipinski definition) is 2. The van der Waals surface area contributed by atoms with Crippen molar-refractivity contribution in [3.8, 4) is 11.5 Å². The van der Waals surface area contributed by atoms with E-state index >= 15 is 0 Å². The number of nitrogens with two attached hydrogens (primary N) is 1. The molecule has 1 aromatic heterocycles. The van der Waals surface area contributed by atoms with Gasteiger partial charge in [0.1, 0.15) is 17.6 Å². The van der Waals surface area contributed by atoms with Gasteiger partial charge in [-0.3, -0.25) is 10.1 Å². The highest BCUT2D eigenvalue weighted by molar-refractivity contribution is 6.30. The summed E-state index contributed by atoms with van der Waals surface area (Å²) in [5.41, 5.74) is 7.68. The van der Waals surface area contributed by atoms with Gasteiger partial charge >= 0.3 is 0 Å². The first kappa shape index (κ1) is 15.2. The van der Waals surface area contributed by atoms with Gasteiger partial charge < -0.3 is 15.2 Å². The topological polar surface area (TPSA) is 86.2 Å². The van der Waals surface area contributed by atoms with Crippen LogP contribution in [0.5, 0.6) is 11.5 Å². The molecule has 6 nitrogen and oxygen atoms in total. The maximum atomic E-state index is 7.43. The number of rotatable bonds is 5. The minimum Gasteiger partial charge on any atom is -0.493 e. The van der Waals surface area contributed by atoms with Crippen LogP contribution in [0.25, 0.3) is 0 Å². The number of nitrogens with one attached hydrogen (secondary N) is 1. The first-order chi connectivity index (χ1) is 9.93. The fourth-order valence-electron chi connectivity index (χ4n) is 1.94. The van der Waals surface area contributed by atoms with Gasteiger partial charge in [0.15, 0.2) is 11.5 Å². The average molecular weight is 309 g/mol. The molecule has 0 aliphatic carbocycles. The van der Waals surface area contributed by atoms with Crippen LogP contribution in [0.15, 0.2) is 18.2 Å². The molecule has 0 atom stereocenters. The van der Waals surface area contributed by atoms with Gasteiger partial charge in [0, 0.05) is 18.2 Å². The molecule has 21 heavy (non-hydrogen) atoms. The summed E-state index contributed by atoms with van der Waals surface area (Å²) >= 11 is 6.17. The second-order valence-corrected chi connectivity index (χ2v) is 4.90. The predicted molar refractivity (Wildman–Crippen MR) is 81.3 cm³/mol. The minimum atomic E-state index is -0.0222. The van der Waals surface area contributed by atoms with Crippen molar-refractivity contribution in [3.05, 3.63) is 40.2 Å². The monoisotopic (exact) mass is 308 g/mol. The average Bonchev–Trinajstić information content (AvgIpc) is 2.70. The third kappa shape index (κ3) is 3.11. The third-order valence-corrected chi connectivity index (χ3v) is 3.59. The molecule has 0 fully saturated rings. The van der Waals surface area contributed by atoms with Gasteiger partial charge in [-0.1, -0.05) is 11.6 Å². The van der Waals surface area contributed by atoms with Crippen molar-refractivity contribution in [1.82, 2.24) is 9.78 Å². The van der Waals surface area contributed by atoms with E-state index in [1.807, 2.05) is 6.92 Å². The van der Waals surface area contributed by atoms with Crippen LogP contribution in [-0.2, 0) is 13.7 Å². The number of methoxy groups -OCH3 is 1. The smallest absolute Gasteiger partial charge is 0.161 e. The molecule has 0 radical (unpaired) electrons. The van der Waals surface area contributed by atoms with Gasteiger partial charge in [-0.15, -0.1) is 0 Å². The molecule has 1 heterocycles. The number of halogens is 1. The number of nitrogen functional groups attached to an aromatic ring is 1. The Bertz CT molecular complexity index is 682. The maximum Gasteiger partial charge on any atom is 0.161 e. The normalized spacial score (nSPS) is 10.5. The van der Waals surface area contributed by atoms with Gasteiger partial charge in [-0.25, -0.2) is 0 Å². The lowest BCUT2D eigenvalue weighted by molar-refractivity contribution is 0.284. The second-order valence-electron chi connectivity index (χ2n) is 4.55. The summed E-state index contributed by atoms with van der Waals surface area (Å²) in [4.78, 5) is 0. The van der Waals surface area contributed by atoms with Crippen LogP contribution in [0, 0.1) is 12.3 Å². The highest BCUT2D eigenvalue weighted by Crippen LogP contribution is 2.30. The van der Waals surface area contributed by atoms with Gasteiger partial charge in [0.05, 0.1) is 12.8 Å². The number of amidine groups is 1. The third-order valence-electron chi connectivity index (χ3n) is 3.12. The SMILES string of the molecule is COc1cc(C(=N)N)ccc1OCc1c(C)nn(C)c1Cl. The Morgan fingerprint density at radius 2 is 2.14 bits per heavy atom. The molecule has 3 N–H and O–H groups in total. The Hall–Kier alpha value is -2.21. The van der Waals surface area contributed by atoms with E-state index in [2.05, 4.69) is 5.10 Å². The van der Waals surface area contributed by atoms with Crippen LogP contribution in [0.1, 0.15) is 16.8 Å². The predicted octanol–water partition coefficient (Wildman–Crippen LogP) is 2.25. The molecule has 2 rings (SSSR count). The Morgan fingerprint density at radius 3 is 2.67 bits per heavy atom. The molecule has 2 aromatic rings. The fourth-order valence-corrected chi connectivity index (χ4v) is 2.17. The van der Waals surface area contributed by atoms with E-state index in [-0.39, 0.29) is 12.4 Å². The molecule has 0 saturated carbocycles. The van der Waals surface area contributed by atoms with Crippen molar-refractivity contribution in [2.75, 3.05) is 7.11 Å². The van der Waals surface area contributed by atoms with Gasteiger partial charge in [-0.2, -0.15) is 5.10 Å². The van der Waals surface area contributed by atoms with E-state index in [0.717, 1.165) is 11.3 Å². The molecule has 0 aliphatic rings. The quantitative estimate of drug-likeness (QED) is 0.655. The van der Waals surface area contributed by atoms with Crippen molar-refractivity contribution in [2.24, 2.45) is 12.8 Å². The molecule has 0 saturated heterocycles. The summed E-state index contributed by atoms with van der Waals surface area (Å²) < 4.78 is 12.6. The van der Waals surface area contributed by atoms with Crippen molar-refractivity contribution < 1.29 is 9.47 Å². The van der Waals surface area contributed by atoms with E-state index < -0.39 is 0 Å². The number of hydrogen-bond acceptors (Lipinski definition) is 4. The molecule has 0 aliphatic heterocycles. The molecule has 0 unspecified atom stereocenters.